The van der Waals surface area contributed by atoms with Gasteiger partial charge in [0.25, 0.3) is 5.91 Å². The summed E-state index contributed by atoms with van der Waals surface area (Å²) >= 11 is 10.3. The van der Waals surface area contributed by atoms with Crippen LogP contribution < -0.4 is 14.4 Å². The molecule has 1 aliphatic heterocycles. The molecule has 1 amide bonds. The second-order valence-electron chi connectivity index (χ2n) is 5.71. The summed E-state index contributed by atoms with van der Waals surface area (Å²) in [7, 11) is 0. The van der Waals surface area contributed by atoms with Gasteiger partial charge in [-0.15, -0.1) is 0 Å². The number of thiocarbonyl (C=S) groups is 1. The van der Waals surface area contributed by atoms with Gasteiger partial charge in [0.05, 0.1) is 17.2 Å². The average Bonchev–Trinajstić information content (AvgIpc) is 2.97. The molecule has 0 saturated carbocycles. The number of amides is 1. The van der Waals surface area contributed by atoms with Crippen molar-refractivity contribution in [3.05, 3.63) is 70.1 Å². The molecule has 1 heterocycles. The van der Waals surface area contributed by atoms with Crippen molar-refractivity contribution < 1.29 is 14.3 Å². The van der Waals surface area contributed by atoms with Crippen molar-refractivity contribution in [3.8, 4) is 11.5 Å². The third-order valence-corrected chi connectivity index (χ3v) is 5.80. The molecule has 28 heavy (non-hydrogen) atoms. The highest BCUT2D eigenvalue weighted by molar-refractivity contribution is 9.10. The van der Waals surface area contributed by atoms with Crippen LogP contribution in [-0.2, 0) is 4.79 Å². The number of halogens is 1. The predicted molar refractivity (Wildman–Crippen MR) is 123 cm³/mol. The van der Waals surface area contributed by atoms with Crippen molar-refractivity contribution >= 4 is 61.9 Å². The first-order chi connectivity index (χ1) is 13.5. The zero-order valence-corrected chi connectivity index (χ0v) is 18.4. The monoisotopic (exact) mass is 475 g/mol. The summed E-state index contributed by atoms with van der Waals surface area (Å²) < 4.78 is 12.7. The van der Waals surface area contributed by atoms with Crippen LogP contribution in [-0.4, -0.2) is 23.4 Å². The summed E-state index contributed by atoms with van der Waals surface area (Å²) in [5, 5.41) is 0. The summed E-state index contributed by atoms with van der Waals surface area (Å²) in [4.78, 5) is 15.0. The Morgan fingerprint density at radius 2 is 1.93 bits per heavy atom. The molecule has 0 aromatic heterocycles. The molecule has 0 bridgehead atoms. The van der Waals surface area contributed by atoms with Crippen LogP contribution in [0.15, 0.2) is 64.5 Å². The molecule has 0 radical (unpaired) electrons. The molecule has 0 spiro atoms. The number of benzene rings is 2. The zero-order valence-electron chi connectivity index (χ0n) is 15.2. The third-order valence-electron chi connectivity index (χ3n) is 3.81. The Kier molecular flexibility index (Phi) is 6.93. The van der Waals surface area contributed by atoms with Crippen LogP contribution in [0.3, 0.4) is 0 Å². The molecule has 1 aliphatic rings. The number of carbonyl (C=O) groups is 1. The lowest BCUT2D eigenvalue weighted by Crippen LogP contribution is -2.27. The molecule has 4 nitrogen and oxygen atoms in total. The molecule has 0 atom stereocenters. The van der Waals surface area contributed by atoms with Gasteiger partial charge < -0.3 is 9.47 Å². The van der Waals surface area contributed by atoms with Crippen LogP contribution in [0.5, 0.6) is 11.5 Å². The fourth-order valence-electron chi connectivity index (χ4n) is 2.60. The number of rotatable bonds is 7. The van der Waals surface area contributed by atoms with Gasteiger partial charge in [-0.2, -0.15) is 0 Å². The topological polar surface area (TPSA) is 38.8 Å². The SMILES string of the molecule is C=CCOc1cc(Br)c(/C=C2/SC(=S)N(c3ccccc3)C2=O)cc1OCC. The molecule has 2 aromatic rings. The van der Waals surface area contributed by atoms with Crippen molar-refractivity contribution in [2.75, 3.05) is 18.1 Å². The summed E-state index contributed by atoms with van der Waals surface area (Å²) in [5.74, 6) is 1.08. The molecule has 0 aliphatic carbocycles. The van der Waals surface area contributed by atoms with Crippen molar-refractivity contribution in [2.45, 2.75) is 6.92 Å². The van der Waals surface area contributed by atoms with Crippen LogP contribution in [0.25, 0.3) is 6.08 Å². The molecule has 0 unspecified atom stereocenters. The Labute approximate surface area is 182 Å². The molecule has 1 saturated heterocycles. The van der Waals surface area contributed by atoms with E-state index in [0.717, 1.165) is 15.7 Å². The molecule has 144 valence electrons. The van der Waals surface area contributed by atoms with E-state index in [4.69, 9.17) is 21.7 Å². The summed E-state index contributed by atoms with van der Waals surface area (Å²) in [5.41, 5.74) is 1.57. The Morgan fingerprint density at radius 1 is 1.21 bits per heavy atom. The zero-order chi connectivity index (χ0) is 20.1. The van der Waals surface area contributed by atoms with Crippen LogP contribution in [0.4, 0.5) is 5.69 Å². The third kappa shape index (κ3) is 4.48. The van der Waals surface area contributed by atoms with Gasteiger partial charge in [0.1, 0.15) is 6.61 Å². The van der Waals surface area contributed by atoms with Gasteiger partial charge in [0, 0.05) is 4.47 Å². The first-order valence-electron chi connectivity index (χ1n) is 8.58. The van der Waals surface area contributed by atoms with Gasteiger partial charge in [-0.05, 0) is 42.8 Å². The summed E-state index contributed by atoms with van der Waals surface area (Å²) in [6.07, 6.45) is 3.48. The second kappa shape index (κ2) is 9.41. The standard InChI is InChI=1S/C21H18BrNO3S2/c1-3-10-26-18-13-16(22)14(11-17(18)25-4-2)12-19-20(24)23(21(27)28-19)15-8-6-5-7-9-15/h3,5-9,11-13H,1,4,10H2,2H3/b19-12+. The fourth-order valence-corrected chi connectivity index (χ4v) is 4.33. The first-order valence-corrected chi connectivity index (χ1v) is 10.6. The lowest BCUT2D eigenvalue weighted by atomic mass is 10.1. The van der Waals surface area contributed by atoms with E-state index in [1.54, 1.807) is 11.0 Å². The maximum atomic E-state index is 12.9. The molecule has 2 aromatic carbocycles. The Hall–Kier alpha value is -2.09. The van der Waals surface area contributed by atoms with E-state index in [1.165, 1.54) is 11.8 Å². The first kappa shape index (κ1) is 20.6. The number of anilines is 1. The molecule has 7 heteroatoms. The molecule has 3 rings (SSSR count). The van der Waals surface area contributed by atoms with E-state index >= 15 is 0 Å². The average molecular weight is 476 g/mol. The van der Waals surface area contributed by atoms with Crippen LogP contribution in [0.2, 0.25) is 0 Å². The van der Waals surface area contributed by atoms with Crippen LogP contribution in [0, 0.1) is 0 Å². The largest absolute Gasteiger partial charge is 0.490 e. The quantitative estimate of drug-likeness (QED) is 0.286. The molecular weight excluding hydrogens is 458 g/mol. The molecule has 1 fully saturated rings. The molecular formula is C21H18BrNO3S2. The van der Waals surface area contributed by atoms with Gasteiger partial charge in [0.15, 0.2) is 15.8 Å². The highest BCUT2D eigenvalue weighted by atomic mass is 79.9. The number of nitrogens with zero attached hydrogens (tertiary/aromatic N) is 1. The predicted octanol–water partition coefficient (Wildman–Crippen LogP) is 5.82. The number of hydrogen-bond donors (Lipinski definition) is 0. The van der Waals surface area contributed by atoms with Crippen LogP contribution in [0.1, 0.15) is 12.5 Å². The minimum absolute atomic E-state index is 0.141. The smallest absolute Gasteiger partial charge is 0.270 e. The normalized spacial score (nSPS) is 15.2. The minimum atomic E-state index is -0.141. The number of carbonyl (C=O) groups excluding carboxylic acids is 1. The number of para-hydroxylation sites is 1. The van der Waals surface area contributed by atoms with Crippen molar-refractivity contribution in [3.63, 3.8) is 0 Å². The maximum Gasteiger partial charge on any atom is 0.270 e. The van der Waals surface area contributed by atoms with Crippen molar-refractivity contribution in [2.24, 2.45) is 0 Å². The summed E-state index contributed by atoms with van der Waals surface area (Å²) in [6, 6.07) is 13.1. The number of thioether (sulfide) groups is 1. The van der Waals surface area contributed by atoms with E-state index < -0.39 is 0 Å². The Morgan fingerprint density at radius 3 is 2.61 bits per heavy atom. The van der Waals surface area contributed by atoms with Crippen molar-refractivity contribution in [1.29, 1.82) is 0 Å². The second-order valence-corrected chi connectivity index (χ2v) is 8.24. The van der Waals surface area contributed by atoms with Gasteiger partial charge >= 0.3 is 0 Å². The Bertz CT molecular complexity index is 944. The van der Waals surface area contributed by atoms with E-state index in [1.807, 2.05) is 55.5 Å². The lowest BCUT2D eigenvalue weighted by Gasteiger charge is -2.14. The number of hydrogen-bond acceptors (Lipinski definition) is 5. The van der Waals surface area contributed by atoms with Gasteiger partial charge in [0.2, 0.25) is 0 Å². The highest BCUT2D eigenvalue weighted by Crippen LogP contribution is 2.39. The van der Waals surface area contributed by atoms with Crippen LogP contribution >= 0.6 is 39.9 Å². The fraction of sp³-hybridized carbons (Fsp3) is 0.143. The van der Waals surface area contributed by atoms with E-state index in [2.05, 4.69) is 22.5 Å². The number of ether oxygens (including phenoxy) is 2. The van der Waals surface area contributed by atoms with E-state index in [9.17, 15) is 4.79 Å². The van der Waals surface area contributed by atoms with Gasteiger partial charge in [-0.3, -0.25) is 9.69 Å². The van der Waals surface area contributed by atoms with E-state index in [-0.39, 0.29) is 5.91 Å². The maximum absolute atomic E-state index is 12.9. The molecule has 0 N–H and O–H groups in total. The lowest BCUT2D eigenvalue weighted by molar-refractivity contribution is -0.113. The highest BCUT2D eigenvalue weighted by Gasteiger charge is 2.33. The summed E-state index contributed by atoms with van der Waals surface area (Å²) in [6.45, 7) is 6.45. The van der Waals surface area contributed by atoms with E-state index in [0.29, 0.717) is 33.9 Å². The Balaban J connectivity index is 1.94. The van der Waals surface area contributed by atoms with Gasteiger partial charge in [-0.1, -0.05) is 70.8 Å². The van der Waals surface area contributed by atoms with Gasteiger partial charge in [-0.25, -0.2) is 0 Å². The van der Waals surface area contributed by atoms with Crippen molar-refractivity contribution in [1.82, 2.24) is 0 Å². The minimum Gasteiger partial charge on any atom is -0.490 e.